The van der Waals surface area contributed by atoms with Crippen molar-refractivity contribution in [1.29, 1.82) is 0 Å². The maximum absolute atomic E-state index is 13.9. The van der Waals surface area contributed by atoms with E-state index in [2.05, 4.69) is 10.5 Å². The fraction of sp³-hybridized carbons (Fsp3) is 0.353. The molecule has 13 heteroatoms. The molecule has 3 aromatic rings. The maximum atomic E-state index is 13.9. The van der Waals surface area contributed by atoms with Gasteiger partial charge in [0, 0.05) is 47.6 Å². The lowest BCUT2D eigenvalue weighted by atomic mass is 9.71. The van der Waals surface area contributed by atoms with E-state index in [1.807, 2.05) is 0 Å². The summed E-state index contributed by atoms with van der Waals surface area (Å²) in [5.41, 5.74) is 6.04. The van der Waals surface area contributed by atoms with Crippen molar-refractivity contribution in [3.05, 3.63) is 87.5 Å². The van der Waals surface area contributed by atoms with Crippen LogP contribution in [0.15, 0.2) is 53.6 Å². The second-order valence-corrected chi connectivity index (χ2v) is 12.1. The number of phenols is 2. The summed E-state index contributed by atoms with van der Waals surface area (Å²) in [4.78, 5) is 40.4. The number of methoxy groups -OCH3 is 1. The molecule has 246 valence electrons. The lowest BCUT2D eigenvalue weighted by Gasteiger charge is -2.42. The highest BCUT2D eigenvalue weighted by atomic mass is 16.7. The number of hydrogen-bond donors (Lipinski definition) is 6. The molecule has 6 rings (SSSR count). The van der Waals surface area contributed by atoms with Gasteiger partial charge in [-0.25, -0.2) is 5.43 Å². The molecule has 0 radical (unpaired) electrons. The van der Waals surface area contributed by atoms with Gasteiger partial charge >= 0.3 is 0 Å². The molecule has 6 atom stereocenters. The summed E-state index contributed by atoms with van der Waals surface area (Å²) in [6.45, 7) is 3.09. The van der Waals surface area contributed by atoms with Gasteiger partial charge in [0.1, 0.15) is 22.8 Å². The summed E-state index contributed by atoms with van der Waals surface area (Å²) < 4.78 is 17.5. The van der Waals surface area contributed by atoms with Crippen LogP contribution in [0.3, 0.4) is 0 Å². The van der Waals surface area contributed by atoms with Gasteiger partial charge in [-0.15, -0.1) is 0 Å². The number of nitrogens with two attached hydrogens (primary N) is 1. The van der Waals surface area contributed by atoms with E-state index in [-0.39, 0.29) is 53.0 Å². The van der Waals surface area contributed by atoms with Crippen molar-refractivity contribution in [1.82, 2.24) is 5.43 Å². The summed E-state index contributed by atoms with van der Waals surface area (Å²) in [7, 11) is 1.34. The fourth-order valence-corrected chi connectivity index (χ4v) is 6.56. The molecule has 13 nitrogen and oxygen atoms in total. The van der Waals surface area contributed by atoms with E-state index in [0.29, 0.717) is 5.56 Å². The van der Waals surface area contributed by atoms with Crippen molar-refractivity contribution in [2.75, 3.05) is 7.11 Å². The molecule has 0 spiro atoms. The number of hydrazone groups is 1. The predicted octanol–water partition coefficient (Wildman–Crippen LogP) is 2.25. The molecule has 1 aliphatic heterocycles. The lowest BCUT2D eigenvalue weighted by Crippen LogP contribution is -2.52. The van der Waals surface area contributed by atoms with Crippen molar-refractivity contribution in [2.24, 2.45) is 10.8 Å². The zero-order valence-electron chi connectivity index (χ0n) is 25.9. The fourth-order valence-electron chi connectivity index (χ4n) is 6.56. The molecule has 1 saturated heterocycles. The highest BCUT2D eigenvalue weighted by Crippen LogP contribution is 2.52. The Morgan fingerprint density at radius 2 is 1.74 bits per heavy atom. The smallest absolute Gasteiger partial charge is 0.271 e. The van der Waals surface area contributed by atoms with Crippen molar-refractivity contribution in [2.45, 2.75) is 69.4 Å². The zero-order valence-corrected chi connectivity index (χ0v) is 25.9. The average molecular weight is 646 g/mol. The Balaban J connectivity index is 1.46. The molecule has 0 aromatic heterocycles. The molecule has 0 saturated carbocycles. The summed E-state index contributed by atoms with van der Waals surface area (Å²) in [5.74, 6) is -3.08. The summed E-state index contributed by atoms with van der Waals surface area (Å²) in [5, 5.41) is 50.0. The third-order valence-electron chi connectivity index (χ3n) is 9.18. The van der Waals surface area contributed by atoms with Crippen LogP contribution in [-0.2, 0) is 15.9 Å². The Hall–Kier alpha value is -4.66. The minimum Gasteiger partial charge on any atom is -0.507 e. The van der Waals surface area contributed by atoms with Crippen LogP contribution in [0.5, 0.6) is 17.2 Å². The van der Waals surface area contributed by atoms with E-state index in [4.69, 9.17) is 19.9 Å². The topological polar surface area (TPSA) is 210 Å². The third-order valence-corrected chi connectivity index (χ3v) is 9.18. The number of aliphatic hydroxyl groups is 2. The van der Waals surface area contributed by atoms with Crippen LogP contribution in [-0.4, -0.2) is 80.9 Å². The molecule has 3 aliphatic rings. The van der Waals surface area contributed by atoms with E-state index >= 15 is 0 Å². The maximum Gasteiger partial charge on any atom is 0.271 e. The standard InChI is InChI=1S/C34H35N3O10/c1-15-28(38)20(35)12-23(46-15)47-22-14-34(44,16(2)36-37-33(43)17-8-5-4-6-9-17)13-19-25(22)32(42)27-26(30(19)40)29(39)18-10-7-11-21(45-3)24(18)31(27)41/h4-11,15,20,22-23,28,38,40,42,44H,12-14,35H2,1-3H3,(H,37,43)/b36-16+/t15-,20-,22+,23-,28+,34+/m1/s1. The van der Waals surface area contributed by atoms with Gasteiger partial charge < -0.3 is 40.4 Å². The Morgan fingerprint density at radius 3 is 2.43 bits per heavy atom. The highest BCUT2D eigenvalue weighted by molar-refractivity contribution is 6.31. The van der Waals surface area contributed by atoms with Crippen LogP contribution < -0.4 is 15.9 Å². The second kappa shape index (κ2) is 12.2. The Morgan fingerprint density at radius 1 is 1.04 bits per heavy atom. The molecule has 1 amide bonds. The van der Waals surface area contributed by atoms with Gasteiger partial charge in [-0.05, 0) is 32.0 Å². The van der Waals surface area contributed by atoms with E-state index < -0.39 is 76.3 Å². The Labute approximate surface area is 269 Å². The van der Waals surface area contributed by atoms with Gasteiger partial charge in [-0.2, -0.15) is 5.10 Å². The lowest BCUT2D eigenvalue weighted by molar-refractivity contribution is -0.245. The summed E-state index contributed by atoms with van der Waals surface area (Å²) in [6, 6.07) is 12.1. The van der Waals surface area contributed by atoms with E-state index in [1.165, 1.54) is 32.2 Å². The second-order valence-electron chi connectivity index (χ2n) is 12.1. The summed E-state index contributed by atoms with van der Waals surface area (Å²) >= 11 is 0. The Kier molecular flexibility index (Phi) is 8.36. The molecule has 2 aliphatic carbocycles. The third kappa shape index (κ3) is 5.45. The number of ether oxygens (including phenoxy) is 3. The molecule has 1 fully saturated rings. The molecule has 0 bridgehead atoms. The molecule has 7 N–H and O–H groups in total. The van der Waals surface area contributed by atoms with Gasteiger partial charge in [0.25, 0.3) is 5.91 Å². The largest absolute Gasteiger partial charge is 0.507 e. The van der Waals surface area contributed by atoms with Gasteiger partial charge in [-0.1, -0.05) is 30.3 Å². The number of benzene rings is 3. The monoisotopic (exact) mass is 645 g/mol. The number of fused-ring (bicyclic) bond motifs is 3. The number of carbonyl (C=O) groups excluding carboxylic acids is 3. The molecule has 1 heterocycles. The quantitative estimate of drug-likeness (QED) is 0.102. The number of carbonyl (C=O) groups is 3. The first-order valence-electron chi connectivity index (χ1n) is 15.1. The number of hydrogen-bond acceptors (Lipinski definition) is 12. The SMILES string of the molecule is COc1cccc2c1C(=O)c1c(O)c3c(c(O)c1C2=O)C[C@@](O)(/C(C)=N/NC(=O)c1ccccc1)C[C@@H]3O[C@@H]1C[C@@H](N)[C@@H](O)[C@@H](C)O1. The van der Waals surface area contributed by atoms with E-state index in [0.717, 1.165) is 0 Å². The van der Waals surface area contributed by atoms with Gasteiger partial charge in [0.15, 0.2) is 12.1 Å². The number of nitrogens with zero attached hydrogens (tertiary/aromatic N) is 1. The number of phenolic OH excluding ortho intramolecular Hbond substituents is 2. The van der Waals surface area contributed by atoms with Crippen LogP contribution in [0, 0.1) is 0 Å². The van der Waals surface area contributed by atoms with Gasteiger partial charge in [-0.3, -0.25) is 14.4 Å². The number of nitrogens with one attached hydrogen (secondary N) is 1. The van der Waals surface area contributed by atoms with Crippen LogP contribution >= 0.6 is 0 Å². The Bertz CT molecular complexity index is 1800. The summed E-state index contributed by atoms with van der Waals surface area (Å²) in [6.07, 6.45) is -4.51. The molecule has 0 unspecified atom stereocenters. The van der Waals surface area contributed by atoms with Crippen LogP contribution in [0.4, 0.5) is 0 Å². The number of ketones is 2. The van der Waals surface area contributed by atoms with E-state index in [9.17, 15) is 34.8 Å². The minimum absolute atomic E-state index is 0.0196. The molecule has 3 aromatic carbocycles. The zero-order chi connectivity index (χ0) is 33.8. The molecule has 47 heavy (non-hydrogen) atoms. The van der Waals surface area contributed by atoms with Gasteiger partial charge in [0.05, 0.1) is 47.8 Å². The van der Waals surface area contributed by atoms with Crippen molar-refractivity contribution in [3.63, 3.8) is 0 Å². The van der Waals surface area contributed by atoms with E-state index in [1.54, 1.807) is 37.3 Å². The minimum atomic E-state index is -1.88. The highest BCUT2D eigenvalue weighted by Gasteiger charge is 2.49. The first-order valence-corrected chi connectivity index (χ1v) is 15.1. The molecular weight excluding hydrogens is 610 g/mol. The van der Waals surface area contributed by atoms with Crippen LogP contribution in [0.2, 0.25) is 0 Å². The van der Waals surface area contributed by atoms with Crippen LogP contribution in [0.25, 0.3) is 0 Å². The number of amides is 1. The van der Waals surface area contributed by atoms with Crippen molar-refractivity contribution >= 4 is 23.2 Å². The number of rotatable bonds is 6. The van der Waals surface area contributed by atoms with Gasteiger partial charge in [0.2, 0.25) is 5.78 Å². The van der Waals surface area contributed by atoms with Crippen molar-refractivity contribution < 1.29 is 49.0 Å². The molecular formula is C34H35N3O10. The normalized spacial score (nSPS) is 27.0. The van der Waals surface area contributed by atoms with Crippen molar-refractivity contribution in [3.8, 4) is 17.2 Å². The number of aromatic hydroxyl groups is 2. The first kappa shape index (κ1) is 32.3. The first-order chi connectivity index (χ1) is 22.4. The number of aliphatic hydroxyl groups excluding tert-OH is 1. The van der Waals surface area contributed by atoms with Crippen LogP contribution in [0.1, 0.15) is 86.1 Å². The average Bonchev–Trinajstić information content (AvgIpc) is 3.06. The predicted molar refractivity (Wildman–Crippen MR) is 167 cm³/mol.